The van der Waals surface area contributed by atoms with Crippen LogP contribution in [-0.4, -0.2) is 4.57 Å². The molecule has 0 aliphatic heterocycles. The number of aromatic nitrogens is 1. The Labute approximate surface area is 209 Å². The molecule has 1 heterocycles. The van der Waals surface area contributed by atoms with Crippen LogP contribution < -0.4 is 0 Å². The lowest BCUT2D eigenvalue weighted by Gasteiger charge is -2.08. The van der Waals surface area contributed by atoms with Gasteiger partial charge in [-0.2, -0.15) is 0 Å². The van der Waals surface area contributed by atoms with E-state index < -0.39 is 0 Å². The van der Waals surface area contributed by atoms with Gasteiger partial charge < -0.3 is 4.57 Å². The van der Waals surface area contributed by atoms with E-state index in [4.69, 9.17) is 0 Å². The molecule has 0 fully saturated rings. The summed E-state index contributed by atoms with van der Waals surface area (Å²) in [5.74, 6) is 0. The van der Waals surface area contributed by atoms with E-state index >= 15 is 0 Å². The molecule has 0 unspecified atom stereocenters. The Bertz CT molecular complexity index is 1510. The van der Waals surface area contributed by atoms with Crippen molar-refractivity contribution in [2.24, 2.45) is 0 Å². The van der Waals surface area contributed by atoms with Gasteiger partial charge in [0.1, 0.15) is 0 Å². The third kappa shape index (κ3) is 5.15. The van der Waals surface area contributed by atoms with E-state index in [0.29, 0.717) is 0 Å². The molecule has 0 aliphatic carbocycles. The fourth-order valence-electron chi connectivity index (χ4n) is 4.69. The van der Waals surface area contributed by atoms with Crippen LogP contribution >= 0.6 is 0 Å². The lowest BCUT2D eigenvalue weighted by Crippen LogP contribution is -1.92. The van der Waals surface area contributed by atoms with Gasteiger partial charge in [0.25, 0.3) is 0 Å². The van der Waals surface area contributed by atoms with Crippen LogP contribution in [0.15, 0.2) is 115 Å². The highest BCUT2D eigenvalue weighted by atomic mass is 15.0. The zero-order chi connectivity index (χ0) is 24.6. The summed E-state index contributed by atoms with van der Waals surface area (Å²) in [6, 6.07) is 41.1. The van der Waals surface area contributed by atoms with E-state index in [1.165, 1.54) is 62.2 Å². The number of aryl methyl sites for hydroxylation is 2. The van der Waals surface area contributed by atoms with Crippen LogP contribution in [0.4, 0.5) is 0 Å². The number of rotatable bonds is 3. The van der Waals surface area contributed by atoms with Crippen LogP contribution in [0.25, 0.3) is 38.3 Å². The Morgan fingerprint density at radius 2 is 1.23 bits per heavy atom. The van der Waals surface area contributed by atoms with Crippen molar-refractivity contribution in [3.63, 3.8) is 0 Å². The van der Waals surface area contributed by atoms with E-state index in [1.54, 1.807) is 0 Å². The number of hydrogen-bond donors (Lipinski definition) is 0. The molecule has 0 saturated heterocycles. The summed E-state index contributed by atoms with van der Waals surface area (Å²) < 4.78 is 2.37. The normalized spacial score (nSPS) is 10.5. The molecular formula is C34H35N. The predicted molar refractivity (Wildman–Crippen MR) is 155 cm³/mol. The maximum absolute atomic E-state index is 2.37. The van der Waals surface area contributed by atoms with Gasteiger partial charge in [-0.1, -0.05) is 118 Å². The summed E-state index contributed by atoms with van der Waals surface area (Å²) in [4.78, 5) is 0. The van der Waals surface area contributed by atoms with E-state index in [2.05, 4.69) is 134 Å². The first-order chi connectivity index (χ1) is 17.3. The SMILES string of the molecule is CC.CCCc1ccccc1.Cc1ccc2c(c1)c1c3ccccc3ccc1n2-c1ccccc1. The highest BCUT2D eigenvalue weighted by Crippen LogP contribution is 2.37. The number of nitrogens with zero attached hydrogens (tertiary/aromatic N) is 1. The van der Waals surface area contributed by atoms with Crippen LogP contribution in [0.5, 0.6) is 0 Å². The minimum absolute atomic E-state index is 1.21. The molecule has 1 aromatic heterocycles. The first-order valence-electron chi connectivity index (χ1n) is 12.8. The molecule has 0 bridgehead atoms. The number of para-hydroxylation sites is 1. The van der Waals surface area contributed by atoms with Gasteiger partial charge in [0.15, 0.2) is 0 Å². The van der Waals surface area contributed by atoms with Crippen molar-refractivity contribution < 1.29 is 0 Å². The van der Waals surface area contributed by atoms with Crippen molar-refractivity contribution in [1.82, 2.24) is 4.57 Å². The zero-order valence-electron chi connectivity index (χ0n) is 21.3. The molecule has 0 spiro atoms. The minimum atomic E-state index is 1.21. The van der Waals surface area contributed by atoms with Gasteiger partial charge in [-0.15, -0.1) is 0 Å². The van der Waals surface area contributed by atoms with Crippen LogP contribution in [0.2, 0.25) is 0 Å². The van der Waals surface area contributed by atoms with Crippen LogP contribution in [0.3, 0.4) is 0 Å². The Balaban J connectivity index is 0.000000222. The largest absolute Gasteiger partial charge is 0.309 e. The molecule has 0 saturated carbocycles. The third-order valence-corrected chi connectivity index (χ3v) is 6.21. The van der Waals surface area contributed by atoms with Gasteiger partial charge in [0, 0.05) is 16.5 Å². The van der Waals surface area contributed by atoms with E-state index in [9.17, 15) is 0 Å². The second kappa shape index (κ2) is 11.5. The van der Waals surface area contributed by atoms with Crippen molar-refractivity contribution in [3.8, 4) is 5.69 Å². The molecule has 0 aliphatic rings. The zero-order valence-corrected chi connectivity index (χ0v) is 21.3. The van der Waals surface area contributed by atoms with Crippen molar-refractivity contribution in [1.29, 1.82) is 0 Å². The number of hydrogen-bond acceptors (Lipinski definition) is 0. The van der Waals surface area contributed by atoms with Crippen LogP contribution in [0, 0.1) is 6.92 Å². The molecular weight excluding hydrogens is 422 g/mol. The van der Waals surface area contributed by atoms with E-state index in [1.807, 2.05) is 13.8 Å². The van der Waals surface area contributed by atoms with Crippen LogP contribution in [-0.2, 0) is 6.42 Å². The molecule has 1 nitrogen and oxygen atoms in total. The van der Waals surface area contributed by atoms with Gasteiger partial charge >= 0.3 is 0 Å². The Morgan fingerprint density at radius 1 is 0.600 bits per heavy atom. The molecule has 6 rings (SSSR count). The summed E-state index contributed by atoms with van der Waals surface area (Å²) in [5, 5.41) is 5.28. The summed E-state index contributed by atoms with van der Waals surface area (Å²) in [6.45, 7) is 8.36. The number of fused-ring (bicyclic) bond motifs is 5. The summed E-state index contributed by atoms with van der Waals surface area (Å²) in [5.41, 5.74) is 6.47. The molecule has 6 aromatic rings. The monoisotopic (exact) mass is 457 g/mol. The fourth-order valence-corrected chi connectivity index (χ4v) is 4.69. The molecule has 0 radical (unpaired) electrons. The van der Waals surface area contributed by atoms with Crippen molar-refractivity contribution in [2.75, 3.05) is 0 Å². The second-order valence-electron chi connectivity index (χ2n) is 8.61. The highest BCUT2D eigenvalue weighted by molar-refractivity contribution is 6.21. The molecule has 176 valence electrons. The fraction of sp³-hybridized carbons (Fsp3) is 0.176. The van der Waals surface area contributed by atoms with Crippen molar-refractivity contribution >= 4 is 32.6 Å². The number of benzene rings is 5. The van der Waals surface area contributed by atoms with Gasteiger partial charge in [-0.3, -0.25) is 0 Å². The minimum Gasteiger partial charge on any atom is -0.309 e. The molecule has 1 heteroatoms. The Morgan fingerprint density at radius 3 is 1.94 bits per heavy atom. The topological polar surface area (TPSA) is 4.93 Å². The third-order valence-electron chi connectivity index (χ3n) is 6.21. The van der Waals surface area contributed by atoms with Crippen LogP contribution in [0.1, 0.15) is 38.3 Å². The summed E-state index contributed by atoms with van der Waals surface area (Å²) in [6.07, 6.45) is 2.45. The second-order valence-corrected chi connectivity index (χ2v) is 8.61. The summed E-state index contributed by atoms with van der Waals surface area (Å²) >= 11 is 0. The average Bonchev–Trinajstić information content (AvgIpc) is 3.25. The average molecular weight is 458 g/mol. The van der Waals surface area contributed by atoms with Gasteiger partial charge in [0.05, 0.1) is 11.0 Å². The maximum Gasteiger partial charge on any atom is 0.0547 e. The molecule has 5 aromatic carbocycles. The van der Waals surface area contributed by atoms with E-state index in [0.717, 1.165) is 0 Å². The van der Waals surface area contributed by atoms with Gasteiger partial charge in [-0.05, 0) is 60.0 Å². The quantitative estimate of drug-likeness (QED) is 0.249. The molecule has 0 amide bonds. The maximum atomic E-state index is 2.37. The van der Waals surface area contributed by atoms with Gasteiger partial charge in [-0.25, -0.2) is 0 Å². The van der Waals surface area contributed by atoms with Gasteiger partial charge in [0.2, 0.25) is 0 Å². The smallest absolute Gasteiger partial charge is 0.0547 e. The summed E-state index contributed by atoms with van der Waals surface area (Å²) in [7, 11) is 0. The lowest BCUT2D eigenvalue weighted by atomic mass is 10.0. The Kier molecular flexibility index (Phi) is 8.00. The van der Waals surface area contributed by atoms with Crippen molar-refractivity contribution in [3.05, 3.63) is 126 Å². The Hall–Kier alpha value is -3.84. The van der Waals surface area contributed by atoms with Crippen molar-refractivity contribution in [2.45, 2.75) is 40.5 Å². The highest BCUT2D eigenvalue weighted by Gasteiger charge is 2.14. The van der Waals surface area contributed by atoms with E-state index in [-0.39, 0.29) is 0 Å². The molecule has 0 atom stereocenters. The standard InChI is InChI=1S/C23H17N.C9H12.C2H6/c1-16-11-13-21-20(15-16)23-19-10-6-5-7-17(19)12-14-22(23)24(21)18-8-3-2-4-9-18;1-2-6-9-7-4-3-5-8-9;1-2/h2-15H,1H3;3-5,7-8H,2,6H2,1H3;1-2H3. The first kappa shape index (κ1) is 24.3. The molecule has 0 N–H and O–H groups in total. The molecule has 35 heavy (non-hydrogen) atoms. The lowest BCUT2D eigenvalue weighted by molar-refractivity contribution is 0.922. The predicted octanol–water partition coefficient (Wildman–Crippen LogP) is 9.91. The first-order valence-corrected chi connectivity index (χ1v) is 12.8.